The summed E-state index contributed by atoms with van der Waals surface area (Å²) in [6.07, 6.45) is 0. The first-order valence-electron chi connectivity index (χ1n) is 4.41. The van der Waals surface area contributed by atoms with Crippen LogP contribution in [0.1, 0.15) is 17.3 Å². The number of aliphatic hydroxyl groups excluding tert-OH is 1. The average molecular weight is 340 g/mol. The summed E-state index contributed by atoms with van der Waals surface area (Å²) in [4.78, 5) is 11.6. The van der Waals surface area contributed by atoms with Crippen molar-refractivity contribution in [1.82, 2.24) is 5.32 Å². The van der Waals surface area contributed by atoms with E-state index in [0.717, 1.165) is 3.57 Å². The molecule has 5 heteroatoms. The number of hydrogen-bond donors (Lipinski definition) is 2. The summed E-state index contributed by atoms with van der Waals surface area (Å²) in [5, 5.41) is 12.0. The van der Waals surface area contributed by atoms with Crippen molar-refractivity contribution in [3.8, 4) is 0 Å². The highest BCUT2D eigenvalue weighted by atomic mass is 127. The Kier molecular flexibility index (Phi) is 4.82. The van der Waals surface area contributed by atoms with Gasteiger partial charge in [-0.05, 0) is 47.7 Å². The van der Waals surface area contributed by atoms with Gasteiger partial charge in [0, 0.05) is 15.2 Å². The highest BCUT2D eigenvalue weighted by molar-refractivity contribution is 14.1. The maximum atomic E-state index is 11.6. The summed E-state index contributed by atoms with van der Waals surface area (Å²) in [5.74, 6) is -0.227. The lowest BCUT2D eigenvalue weighted by atomic mass is 10.2. The molecule has 0 fully saturated rings. The van der Waals surface area contributed by atoms with Crippen LogP contribution in [0.25, 0.3) is 0 Å². The van der Waals surface area contributed by atoms with Gasteiger partial charge in [0.05, 0.1) is 11.6 Å². The Hall–Kier alpha value is -0.330. The molecule has 15 heavy (non-hydrogen) atoms. The minimum absolute atomic E-state index is 0.0795. The predicted octanol–water partition coefficient (Wildman–Crippen LogP) is 2.06. The molecule has 0 saturated carbocycles. The number of carbonyl (C=O) groups is 1. The lowest BCUT2D eigenvalue weighted by Gasteiger charge is -2.10. The Morgan fingerprint density at radius 3 is 2.87 bits per heavy atom. The summed E-state index contributed by atoms with van der Waals surface area (Å²) >= 11 is 7.99. The van der Waals surface area contributed by atoms with Crippen LogP contribution in [0.4, 0.5) is 0 Å². The molecule has 1 aromatic carbocycles. The van der Waals surface area contributed by atoms with E-state index in [1.54, 1.807) is 25.1 Å². The predicted molar refractivity (Wildman–Crippen MR) is 68.2 cm³/mol. The molecule has 3 nitrogen and oxygen atoms in total. The zero-order chi connectivity index (χ0) is 11.4. The number of benzene rings is 1. The van der Waals surface area contributed by atoms with Gasteiger partial charge in [-0.1, -0.05) is 11.6 Å². The maximum absolute atomic E-state index is 11.6. The number of amides is 1. The smallest absolute Gasteiger partial charge is 0.251 e. The molecule has 0 aromatic heterocycles. The van der Waals surface area contributed by atoms with Crippen LogP contribution >= 0.6 is 34.2 Å². The number of halogens is 2. The van der Waals surface area contributed by atoms with Crippen LogP contribution in [-0.4, -0.2) is 23.7 Å². The first-order chi connectivity index (χ1) is 7.04. The monoisotopic (exact) mass is 339 g/mol. The molecular weight excluding hydrogens is 328 g/mol. The molecule has 0 unspecified atom stereocenters. The fraction of sp³-hybridized carbons (Fsp3) is 0.300. The van der Waals surface area contributed by atoms with E-state index in [9.17, 15) is 4.79 Å². The van der Waals surface area contributed by atoms with Crippen molar-refractivity contribution in [2.45, 2.75) is 13.0 Å². The van der Waals surface area contributed by atoms with E-state index >= 15 is 0 Å². The molecule has 0 bridgehead atoms. The van der Waals surface area contributed by atoms with Crippen LogP contribution < -0.4 is 5.32 Å². The van der Waals surface area contributed by atoms with Crippen LogP contribution in [0.2, 0.25) is 5.02 Å². The highest BCUT2D eigenvalue weighted by Gasteiger charge is 2.10. The summed E-state index contributed by atoms with van der Waals surface area (Å²) in [5.41, 5.74) is 0.501. The molecule has 0 aliphatic rings. The van der Waals surface area contributed by atoms with Gasteiger partial charge in [0.15, 0.2) is 0 Å². The third-order valence-electron chi connectivity index (χ3n) is 1.83. The molecule has 2 N–H and O–H groups in total. The van der Waals surface area contributed by atoms with Gasteiger partial charge in [-0.2, -0.15) is 0 Å². The zero-order valence-corrected chi connectivity index (χ0v) is 11.0. The van der Waals surface area contributed by atoms with Crippen molar-refractivity contribution in [2.24, 2.45) is 0 Å². The number of rotatable bonds is 3. The maximum Gasteiger partial charge on any atom is 0.251 e. The third kappa shape index (κ3) is 3.62. The molecule has 0 aliphatic heterocycles. The molecule has 0 aliphatic carbocycles. The largest absolute Gasteiger partial charge is 0.394 e. The van der Waals surface area contributed by atoms with E-state index in [1.807, 2.05) is 0 Å². The zero-order valence-electron chi connectivity index (χ0n) is 8.13. The first-order valence-corrected chi connectivity index (χ1v) is 5.87. The summed E-state index contributed by atoms with van der Waals surface area (Å²) < 4.78 is 0.904. The van der Waals surface area contributed by atoms with Gasteiger partial charge in [0.2, 0.25) is 0 Å². The topological polar surface area (TPSA) is 49.3 Å². The van der Waals surface area contributed by atoms with Gasteiger partial charge in [0.25, 0.3) is 5.91 Å². The number of aliphatic hydroxyl groups is 1. The lowest BCUT2D eigenvalue weighted by Crippen LogP contribution is -2.34. The van der Waals surface area contributed by atoms with Crippen molar-refractivity contribution in [1.29, 1.82) is 0 Å². The third-order valence-corrected chi connectivity index (χ3v) is 3.41. The van der Waals surface area contributed by atoms with E-state index in [-0.39, 0.29) is 18.6 Å². The summed E-state index contributed by atoms with van der Waals surface area (Å²) in [6.45, 7) is 1.65. The van der Waals surface area contributed by atoms with E-state index in [1.165, 1.54) is 0 Å². The Morgan fingerprint density at radius 2 is 2.33 bits per heavy atom. The molecule has 0 spiro atoms. The quantitative estimate of drug-likeness (QED) is 0.828. The van der Waals surface area contributed by atoms with E-state index in [4.69, 9.17) is 16.7 Å². The Bertz CT molecular complexity index is 370. The summed E-state index contributed by atoms with van der Waals surface area (Å²) in [7, 11) is 0. The van der Waals surface area contributed by atoms with Gasteiger partial charge >= 0.3 is 0 Å². The van der Waals surface area contributed by atoms with E-state index < -0.39 is 0 Å². The molecule has 1 amide bonds. The van der Waals surface area contributed by atoms with Gasteiger partial charge in [-0.25, -0.2) is 0 Å². The molecule has 1 aromatic rings. The van der Waals surface area contributed by atoms with Crippen LogP contribution in [0.3, 0.4) is 0 Å². The lowest BCUT2D eigenvalue weighted by molar-refractivity contribution is 0.0922. The Balaban J connectivity index is 2.78. The molecular formula is C10H11ClINO2. The van der Waals surface area contributed by atoms with Crippen molar-refractivity contribution in [3.63, 3.8) is 0 Å². The van der Waals surface area contributed by atoms with Gasteiger partial charge in [0.1, 0.15) is 0 Å². The number of carbonyl (C=O) groups excluding carboxylic acids is 1. The SMILES string of the molecule is C[C@@H](CO)NC(=O)c1ccc(I)c(Cl)c1. The second kappa shape index (κ2) is 5.67. The molecule has 1 atom stereocenters. The van der Waals surface area contributed by atoms with Crippen LogP contribution in [-0.2, 0) is 0 Å². The standard InChI is InChI=1S/C10H11ClINO2/c1-6(5-14)13-10(15)7-2-3-9(12)8(11)4-7/h2-4,6,14H,5H2,1H3,(H,13,15)/t6-/m0/s1. The second-order valence-corrected chi connectivity index (χ2v) is 4.76. The number of hydrogen-bond acceptors (Lipinski definition) is 2. The molecule has 82 valence electrons. The molecule has 0 saturated heterocycles. The van der Waals surface area contributed by atoms with Crippen LogP contribution in [0.15, 0.2) is 18.2 Å². The van der Waals surface area contributed by atoms with E-state index in [0.29, 0.717) is 10.6 Å². The second-order valence-electron chi connectivity index (χ2n) is 3.19. The minimum atomic E-state index is -0.254. The molecule has 0 radical (unpaired) electrons. The van der Waals surface area contributed by atoms with Crippen molar-refractivity contribution >= 4 is 40.1 Å². The Morgan fingerprint density at radius 1 is 1.67 bits per heavy atom. The van der Waals surface area contributed by atoms with Crippen LogP contribution in [0.5, 0.6) is 0 Å². The van der Waals surface area contributed by atoms with Gasteiger partial charge in [-0.3, -0.25) is 4.79 Å². The molecule has 1 rings (SSSR count). The van der Waals surface area contributed by atoms with Gasteiger partial charge in [-0.15, -0.1) is 0 Å². The van der Waals surface area contributed by atoms with Crippen molar-refractivity contribution in [3.05, 3.63) is 32.4 Å². The first kappa shape index (κ1) is 12.7. The Labute approximate surface area is 107 Å². The summed E-state index contributed by atoms with van der Waals surface area (Å²) in [6, 6.07) is 4.84. The normalized spacial score (nSPS) is 12.3. The minimum Gasteiger partial charge on any atom is -0.394 e. The fourth-order valence-corrected chi connectivity index (χ4v) is 1.51. The number of nitrogens with one attached hydrogen (secondary N) is 1. The average Bonchev–Trinajstić information content (AvgIpc) is 2.21. The van der Waals surface area contributed by atoms with Gasteiger partial charge < -0.3 is 10.4 Å². The highest BCUT2D eigenvalue weighted by Crippen LogP contribution is 2.19. The van der Waals surface area contributed by atoms with E-state index in [2.05, 4.69) is 27.9 Å². The van der Waals surface area contributed by atoms with Crippen molar-refractivity contribution < 1.29 is 9.90 Å². The van der Waals surface area contributed by atoms with Crippen molar-refractivity contribution in [2.75, 3.05) is 6.61 Å². The fourth-order valence-electron chi connectivity index (χ4n) is 0.990. The molecule has 0 heterocycles. The van der Waals surface area contributed by atoms with Crippen LogP contribution in [0, 0.1) is 3.57 Å².